The highest BCUT2D eigenvalue weighted by molar-refractivity contribution is 6.04. The molecule has 0 saturated carbocycles. The summed E-state index contributed by atoms with van der Waals surface area (Å²) in [6.45, 7) is 6.68. The van der Waals surface area contributed by atoms with Gasteiger partial charge in [0, 0.05) is 49.8 Å². The van der Waals surface area contributed by atoms with Crippen molar-refractivity contribution in [1.29, 1.82) is 0 Å². The van der Waals surface area contributed by atoms with Crippen molar-refractivity contribution in [3.8, 4) is 0 Å². The number of para-hydroxylation sites is 1. The Hall–Kier alpha value is -1.96. The zero-order chi connectivity index (χ0) is 18.8. The molecule has 7 heteroatoms. The van der Waals surface area contributed by atoms with Crippen LogP contribution in [0.1, 0.15) is 30.3 Å². The number of H-pyrrole nitrogens is 1. The van der Waals surface area contributed by atoms with E-state index < -0.39 is 0 Å². The Bertz CT molecular complexity index is 776. The van der Waals surface area contributed by atoms with Crippen LogP contribution in [-0.2, 0) is 4.74 Å². The maximum Gasteiger partial charge on any atom is 0.272 e. The third-order valence-electron chi connectivity index (χ3n) is 5.98. The third kappa shape index (κ3) is 3.85. The number of hydrogen-bond acceptors (Lipinski definition) is 5. The highest BCUT2D eigenvalue weighted by Gasteiger charge is 2.39. The van der Waals surface area contributed by atoms with E-state index in [1.807, 2.05) is 31.2 Å². The van der Waals surface area contributed by atoms with Gasteiger partial charge in [0.1, 0.15) is 0 Å². The van der Waals surface area contributed by atoms with Gasteiger partial charge in [0.15, 0.2) is 5.69 Å². The second kappa shape index (κ2) is 7.96. The lowest BCUT2D eigenvalue weighted by Gasteiger charge is -2.50. The minimum absolute atomic E-state index is 0.0757. The van der Waals surface area contributed by atoms with E-state index in [0.29, 0.717) is 17.8 Å². The second-order valence-electron chi connectivity index (χ2n) is 7.69. The number of piperidine rings is 1. The molecule has 2 N–H and O–H groups in total. The lowest BCUT2D eigenvalue weighted by molar-refractivity contribution is -0.0119. The summed E-state index contributed by atoms with van der Waals surface area (Å²) >= 11 is 0. The number of benzene rings is 1. The number of amides is 1. The molecule has 1 aromatic heterocycles. The zero-order valence-corrected chi connectivity index (χ0v) is 16.1. The van der Waals surface area contributed by atoms with Crippen LogP contribution in [0.3, 0.4) is 0 Å². The summed E-state index contributed by atoms with van der Waals surface area (Å²) in [6, 6.07) is 8.90. The molecule has 2 fully saturated rings. The number of ether oxygens (including phenoxy) is 1. The normalized spacial score (nSPS) is 26.4. The van der Waals surface area contributed by atoms with Gasteiger partial charge < -0.3 is 10.1 Å². The lowest BCUT2D eigenvalue weighted by atomic mass is 9.88. The SMILES string of the molecule is CCOCCN1C[C@H]2C[C@@H](NC(=O)c3n[nH]c4ccccc34)C[C@@H](C1)N2C. The van der Waals surface area contributed by atoms with E-state index in [2.05, 4.69) is 32.4 Å². The standard InChI is InChI=1S/C20H29N5O2/c1-3-27-9-8-25-12-15-10-14(11-16(13-25)24(15)2)21-20(26)19-17-6-4-5-7-18(17)22-23-19/h4-7,14-16H,3,8-13H2,1-2H3,(H,21,26)(H,22,23)/t14-,15-,16+. The first-order valence-electron chi connectivity index (χ1n) is 9.91. The first-order valence-corrected chi connectivity index (χ1v) is 9.91. The Morgan fingerprint density at radius 2 is 2.04 bits per heavy atom. The van der Waals surface area contributed by atoms with Crippen molar-refractivity contribution in [2.45, 2.75) is 37.9 Å². The van der Waals surface area contributed by atoms with Crippen molar-refractivity contribution in [3.05, 3.63) is 30.0 Å². The van der Waals surface area contributed by atoms with Crippen molar-refractivity contribution in [2.24, 2.45) is 0 Å². The molecule has 2 aliphatic rings. The molecule has 3 atom stereocenters. The Labute approximate surface area is 160 Å². The molecule has 0 aliphatic carbocycles. The van der Waals surface area contributed by atoms with Crippen LogP contribution in [0.25, 0.3) is 10.9 Å². The summed E-state index contributed by atoms with van der Waals surface area (Å²) in [4.78, 5) is 17.8. The van der Waals surface area contributed by atoms with Gasteiger partial charge in [-0.3, -0.25) is 19.7 Å². The molecule has 4 rings (SSSR count). The topological polar surface area (TPSA) is 73.5 Å². The number of piperazine rings is 1. The van der Waals surface area contributed by atoms with E-state index in [1.165, 1.54) is 0 Å². The maximum atomic E-state index is 12.8. The summed E-state index contributed by atoms with van der Waals surface area (Å²) in [5, 5.41) is 11.3. The number of likely N-dealkylation sites (tertiary alicyclic amines) is 1. The highest BCUT2D eigenvalue weighted by Crippen LogP contribution is 2.28. The number of likely N-dealkylation sites (N-methyl/N-ethyl adjacent to an activating group) is 1. The van der Waals surface area contributed by atoms with Gasteiger partial charge in [-0.05, 0) is 32.9 Å². The molecule has 1 amide bonds. The average Bonchev–Trinajstić information content (AvgIpc) is 3.08. The van der Waals surface area contributed by atoms with Gasteiger partial charge in [-0.2, -0.15) is 5.10 Å². The van der Waals surface area contributed by atoms with Crippen LogP contribution in [-0.4, -0.2) is 83.9 Å². The van der Waals surface area contributed by atoms with Crippen molar-refractivity contribution in [3.63, 3.8) is 0 Å². The minimum atomic E-state index is -0.0757. The molecule has 0 spiro atoms. The number of carbonyl (C=O) groups excluding carboxylic acids is 1. The number of aromatic amines is 1. The molecule has 0 radical (unpaired) electrons. The van der Waals surface area contributed by atoms with Crippen LogP contribution < -0.4 is 5.32 Å². The smallest absolute Gasteiger partial charge is 0.272 e. The van der Waals surface area contributed by atoms with Gasteiger partial charge in [-0.1, -0.05) is 18.2 Å². The Kier molecular flexibility index (Phi) is 5.43. The molecule has 2 aliphatic heterocycles. The number of hydrogen-bond donors (Lipinski definition) is 2. The third-order valence-corrected chi connectivity index (χ3v) is 5.98. The molecule has 146 valence electrons. The van der Waals surface area contributed by atoms with Crippen LogP contribution in [0.4, 0.5) is 0 Å². The summed E-state index contributed by atoms with van der Waals surface area (Å²) in [6.07, 6.45) is 1.96. The van der Waals surface area contributed by atoms with Crippen molar-refractivity contribution in [1.82, 2.24) is 25.3 Å². The predicted octanol–water partition coefficient (Wildman–Crippen LogP) is 1.48. The van der Waals surface area contributed by atoms with Crippen molar-refractivity contribution >= 4 is 16.8 Å². The van der Waals surface area contributed by atoms with Crippen LogP contribution in [0.5, 0.6) is 0 Å². The quantitative estimate of drug-likeness (QED) is 0.753. The largest absolute Gasteiger partial charge is 0.380 e. The second-order valence-corrected chi connectivity index (χ2v) is 7.69. The van der Waals surface area contributed by atoms with Crippen molar-refractivity contribution < 1.29 is 9.53 Å². The summed E-state index contributed by atoms with van der Waals surface area (Å²) in [7, 11) is 2.22. The Balaban J connectivity index is 1.38. The molecule has 2 bridgehead atoms. The van der Waals surface area contributed by atoms with E-state index in [1.54, 1.807) is 0 Å². The van der Waals surface area contributed by atoms with Gasteiger partial charge in [-0.25, -0.2) is 0 Å². The molecular formula is C20H29N5O2. The summed E-state index contributed by atoms with van der Waals surface area (Å²) in [5.41, 5.74) is 1.39. The fourth-order valence-corrected chi connectivity index (χ4v) is 4.49. The van der Waals surface area contributed by atoms with Gasteiger partial charge in [0.2, 0.25) is 0 Å². The van der Waals surface area contributed by atoms with Gasteiger partial charge in [-0.15, -0.1) is 0 Å². The molecule has 7 nitrogen and oxygen atoms in total. The number of fused-ring (bicyclic) bond motifs is 3. The maximum absolute atomic E-state index is 12.8. The molecule has 3 heterocycles. The number of rotatable bonds is 6. The zero-order valence-electron chi connectivity index (χ0n) is 16.1. The predicted molar refractivity (Wildman–Crippen MR) is 105 cm³/mol. The Morgan fingerprint density at radius 3 is 2.78 bits per heavy atom. The first-order chi connectivity index (χ1) is 13.2. The van der Waals surface area contributed by atoms with E-state index >= 15 is 0 Å². The number of nitrogens with zero attached hydrogens (tertiary/aromatic N) is 3. The number of carbonyl (C=O) groups is 1. The summed E-state index contributed by atoms with van der Waals surface area (Å²) < 4.78 is 5.51. The number of nitrogens with one attached hydrogen (secondary N) is 2. The van der Waals surface area contributed by atoms with E-state index in [9.17, 15) is 4.79 Å². The van der Waals surface area contributed by atoms with E-state index in [4.69, 9.17) is 4.74 Å². The fourth-order valence-electron chi connectivity index (χ4n) is 4.49. The molecule has 2 saturated heterocycles. The van der Waals surface area contributed by atoms with Crippen LogP contribution in [0.15, 0.2) is 24.3 Å². The molecule has 27 heavy (non-hydrogen) atoms. The average molecular weight is 371 g/mol. The van der Waals surface area contributed by atoms with Crippen LogP contribution >= 0.6 is 0 Å². The van der Waals surface area contributed by atoms with Gasteiger partial charge in [0.05, 0.1) is 12.1 Å². The van der Waals surface area contributed by atoms with Gasteiger partial charge in [0.25, 0.3) is 5.91 Å². The highest BCUT2D eigenvalue weighted by atomic mass is 16.5. The number of aromatic nitrogens is 2. The van der Waals surface area contributed by atoms with Gasteiger partial charge >= 0.3 is 0 Å². The van der Waals surface area contributed by atoms with E-state index in [0.717, 1.165) is 56.6 Å². The van der Waals surface area contributed by atoms with Crippen LogP contribution in [0, 0.1) is 0 Å². The Morgan fingerprint density at radius 1 is 1.30 bits per heavy atom. The minimum Gasteiger partial charge on any atom is -0.380 e. The molecule has 0 unspecified atom stereocenters. The first kappa shape index (κ1) is 18.4. The monoisotopic (exact) mass is 371 g/mol. The molecular weight excluding hydrogens is 342 g/mol. The lowest BCUT2D eigenvalue weighted by Crippen LogP contribution is -2.64. The fraction of sp³-hybridized carbons (Fsp3) is 0.600. The molecule has 1 aromatic carbocycles. The van der Waals surface area contributed by atoms with Crippen LogP contribution in [0.2, 0.25) is 0 Å². The van der Waals surface area contributed by atoms with Crippen molar-refractivity contribution in [2.75, 3.05) is 39.9 Å². The summed E-state index contributed by atoms with van der Waals surface area (Å²) in [5.74, 6) is -0.0757. The van der Waals surface area contributed by atoms with E-state index in [-0.39, 0.29) is 11.9 Å². The molecule has 2 aromatic rings.